The Hall–Kier alpha value is -2.60. The van der Waals surface area contributed by atoms with Crippen LogP contribution >= 0.6 is 0 Å². The first-order chi connectivity index (χ1) is 11.5. The highest BCUT2D eigenvalue weighted by Gasteiger charge is 2.10. The quantitative estimate of drug-likeness (QED) is 0.852. The Morgan fingerprint density at radius 1 is 1.29 bits per heavy atom. The third-order valence-corrected chi connectivity index (χ3v) is 3.66. The average molecular weight is 329 g/mol. The summed E-state index contributed by atoms with van der Waals surface area (Å²) < 4.78 is 1.61. The van der Waals surface area contributed by atoms with Crippen molar-refractivity contribution < 1.29 is 9.90 Å². The van der Waals surface area contributed by atoms with E-state index < -0.39 is 6.10 Å². The van der Waals surface area contributed by atoms with Gasteiger partial charge in [-0.15, -0.1) is 0 Å². The zero-order chi connectivity index (χ0) is 17.5. The second-order valence-electron chi connectivity index (χ2n) is 5.86. The van der Waals surface area contributed by atoms with Crippen molar-refractivity contribution in [3.05, 3.63) is 64.6 Å². The van der Waals surface area contributed by atoms with E-state index in [0.29, 0.717) is 25.2 Å². The summed E-state index contributed by atoms with van der Waals surface area (Å²) in [4.78, 5) is 25.4. The number of anilines is 1. The third-order valence-electron chi connectivity index (χ3n) is 3.66. The lowest BCUT2D eigenvalue weighted by molar-refractivity contribution is 0.167. The Morgan fingerprint density at radius 3 is 2.79 bits per heavy atom. The Labute approximate surface area is 141 Å². The summed E-state index contributed by atoms with van der Waals surface area (Å²) in [6, 6.07) is 12.2. The molecule has 1 heterocycles. The summed E-state index contributed by atoms with van der Waals surface area (Å²) in [5.74, 6) is 0. The smallest absolute Gasteiger partial charge is 0.321 e. The molecule has 2 amide bonds. The van der Waals surface area contributed by atoms with Gasteiger partial charge >= 0.3 is 6.03 Å². The lowest BCUT2D eigenvalue weighted by atomic mass is 10.2. The molecule has 0 bridgehead atoms. The van der Waals surface area contributed by atoms with Gasteiger partial charge in [-0.2, -0.15) is 0 Å². The van der Waals surface area contributed by atoms with Crippen molar-refractivity contribution in [2.24, 2.45) is 0 Å². The number of carbonyl (C=O) groups excluding carboxylic acids is 1. The molecule has 0 saturated heterocycles. The Kier molecular flexibility index (Phi) is 6.14. The number of nitrogens with zero attached hydrogens (tertiary/aromatic N) is 2. The maximum atomic E-state index is 12.1. The highest BCUT2D eigenvalue weighted by atomic mass is 16.3. The highest BCUT2D eigenvalue weighted by molar-refractivity contribution is 5.89. The molecule has 0 aliphatic carbocycles. The topological polar surface area (TPSA) is 74.6 Å². The standard InChI is InChI=1S/C18H23N3O3/c1-14(22)9-11-20(2)18(24)19-16-7-5-6-15(12-16)13-21-10-4-3-8-17(21)23/h3-8,10,12,14,22H,9,11,13H2,1-2H3,(H,19,24)/t14-/m0/s1. The molecule has 1 aromatic carbocycles. The first kappa shape index (κ1) is 17.7. The molecule has 1 atom stereocenters. The molecule has 0 spiro atoms. The largest absolute Gasteiger partial charge is 0.393 e. The zero-order valence-electron chi connectivity index (χ0n) is 14.0. The molecular weight excluding hydrogens is 306 g/mol. The minimum Gasteiger partial charge on any atom is -0.393 e. The Morgan fingerprint density at radius 2 is 2.08 bits per heavy atom. The predicted molar refractivity (Wildman–Crippen MR) is 94.2 cm³/mol. The van der Waals surface area contributed by atoms with E-state index in [1.165, 1.54) is 11.0 Å². The maximum Gasteiger partial charge on any atom is 0.321 e. The van der Waals surface area contributed by atoms with Crippen LogP contribution in [-0.2, 0) is 6.54 Å². The van der Waals surface area contributed by atoms with Gasteiger partial charge in [-0.1, -0.05) is 18.2 Å². The summed E-state index contributed by atoms with van der Waals surface area (Å²) in [5, 5.41) is 12.1. The minimum atomic E-state index is -0.437. The highest BCUT2D eigenvalue weighted by Crippen LogP contribution is 2.12. The molecular formula is C18H23N3O3. The number of hydrogen-bond acceptors (Lipinski definition) is 3. The number of carbonyl (C=O) groups is 1. The van der Waals surface area contributed by atoms with Crippen LogP contribution < -0.4 is 10.9 Å². The third kappa shape index (κ3) is 5.24. The van der Waals surface area contributed by atoms with Crippen LogP contribution in [0.15, 0.2) is 53.5 Å². The fourth-order valence-corrected chi connectivity index (χ4v) is 2.24. The monoisotopic (exact) mass is 329 g/mol. The maximum absolute atomic E-state index is 12.1. The van der Waals surface area contributed by atoms with Gasteiger partial charge < -0.3 is 19.9 Å². The van der Waals surface area contributed by atoms with E-state index in [2.05, 4.69) is 5.32 Å². The van der Waals surface area contributed by atoms with Crippen LogP contribution in [0, 0.1) is 0 Å². The number of pyridine rings is 1. The molecule has 6 heteroatoms. The van der Waals surface area contributed by atoms with E-state index >= 15 is 0 Å². The van der Waals surface area contributed by atoms with Crippen molar-refractivity contribution in [2.75, 3.05) is 18.9 Å². The fraction of sp³-hybridized carbons (Fsp3) is 0.333. The van der Waals surface area contributed by atoms with Gasteiger partial charge in [0.25, 0.3) is 5.56 Å². The second kappa shape index (κ2) is 8.31. The van der Waals surface area contributed by atoms with Crippen molar-refractivity contribution in [1.82, 2.24) is 9.47 Å². The van der Waals surface area contributed by atoms with E-state index in [4.69, 9.17) is 0 Å². The van der Waals surface area contributed by atoms with Crippen LogP contribution in [0.3, 0.4) is 0 Å². The zero-order valence-corrected chi connectivity index (χ0v) is 14.0. The van der Waals surface area contributed by atoms with Crippen molar-refractivity contribution in [1.29, 1.82) is 0 Å². The summed E-state index contributed by atoms with van der Waals surface area (Å²) in [6.45, 7) is 2.62. The summed E-state index contributed by atoms with van der Waals surface area (Å²) in [6.07, 6.45) is 1.82. The first-order valence-corrected chi connectivity index (χ1v) is 7.90. The summed E-state index contributed by atoms with van der Waals surface area (Å²) in [7, 11) is 1.69. The van der Waals surface area contributed by atoms with Gasteiger partial charge in [-0.25, -0.2) is 4.79 Å². The van der Waals surface area contributed by atoms with Crippen molar-refractivity contribution in [2.45, 2.75) is 26.0 Å². The number of aliphatic hydroxyl groups excluding tert-OH is 1. The normalized spacial score (nSPS) is 11.8. The summed E-state index contributed by atoms with van der Waals surface area (Å²) in [5.41, 5.74) is 1.53. The number of aliphatic hydroxyl groups is 1. The fourth-order valence-electron chi connectivity index (χ4n) is 2.24. The van der Waals surface area contributed by atoms with E-state index in [-0.39, 0.29) is 11.6 Å². The number of rotatable bonds is 6. The predicted octanol–water partition coefficient (Wildman–Crippen LogP) is 2.13. The lowest BCUT2D eigenvalue weighted by Gasteiger charge is -2.19. The molecule has 6 nitrogen and oxygen atoms in total. The van der Waals surface area contributed by atoms with Gasteiger partial charge in [-0.3, -0.25) is 4.79 Å². The van der Waals surface area contributed by atoms with Crippen LogP contribution in [0.1, 0.15) is 18.9 Å². The molecule has 0 unspecified atom stereocenters. The van der Waals surface area contributed by atoms with Crippen LogP contribution in [0.25, 0.3) is 0 Å². The summed E-state index contributed by atoms with van der Waals surface area (Å²) >= 11 is 0. The minimum absolute atomic E-state index is 0.0650. The number of nitrogens with one attached hydrogen (secondary N) is 1. The Balaban J connectivity index is 2.01. The molecule has 0 fully saturated rings. The van der Waals surface area contributed by atoms with Gasteiger partial charge in [-0.05, 0) is 37.1 Å². The SMILES string of the molecule is C[C@H](O)CCN(C)C(=O)Nc1cccc(Cn2ccccc2=O)c1. The number of amides is 2. The van der Waals surface area contributed by atoms with Gasteiger partial charge in [0.15, 0.2) is 0 Å². The molecule has 0 aliphatic rings. The molecule has 2 rings (SSSR count). The van der Waals surface area contributed by atoms with Gasteiger partial charge in [0.05, 0.1) is 12.6 Å². The van der Waals surface area contributed by atoms with Crippen molar-refractivity contribution in [3.8, 4) is 0 Å². The molecule has 128 valence electrons. The van der Waals surface area contributed by atoms with E-state index in [1.807, 2.05) is 24.3 Å². The Bertz CT molecular complexity index is 740. The van der Waals surface area contributed by atoms with E-state index in [9.17, 15) is 14.7 Å². The number of benzene rings is 1. The molecule has 0 radical (unpaired) electrons. The van der Waals surface area contributed by atoms with Crippen molar-refractivity contribution in [3.63, 3.8) is 0 Å². The number of urea groups is 1. The molecule has 2 N–H and O–H groups in total. The van der Waals surface area contributed by atoms with Gasteiger partial charge in [0.2, 0.25) is 0 Å². The number of aromatic nitrogens is 1. The van der Waals surface area contributed by atoms with Gasteiger partial charge in [0.1, 0.15) is 0 Å². The lowest BCUT2D eigenvalue weighted by Crippen LogP contribution is -2.33. The van der Waals surface area contributed by atoms with Crippen LogP contribution in [0.2, 0.25) is 0 Å². The molecule has 0 aliphatic heterocycles. The van der Waals surface area contributed by atoms with Crippen LogP contribution in [0.4, 0.5) is 10.5 Å². The second-order valence-corrected chi connectivity index (χ2v) is 5.86. The molecule has 2 aromatic rings. The average Bonchev–Trinajstić information content (AvgIpc) is 2.55. The van der Waals surface area contributed by atoms with Gasteiger partial charge in [0, 0.05) is 31.5 Å². The first-order valence-electron chi connectivity index (χ1n) is 7.90. The number of hydrogen-bond donors (Lipinski definition) is 2. The van der Waals surface area contributed by atoms with Crippen molar-refractivity contribution >= 4 is 11.7 Å². The van der Waals surface area contributed by atoms with E-state index in [0.717, 1.165) is 5.56 Å². The molecule has 0 saturated carbocycles. The van der Waals surface area contributed by atoms with E-state index in [1.54, 1.807) is 36.9 Å². The van der Waals surface area contributed by atoms with Crippen LogP contribution in [0.5, 0.6) is 0 Å². The molecule has 1 aromatic heterocycles. The molecule has 24 heavy (non-hydrogen) atoms. The van der Waals surface area contributed by atoms with Crippen LogP contribution in [-0.4, -0.2) is 40.3 Å².